The molecule has 1 unspecified atom stereocenters. The van der Waals surface area contributed by atoms with E-state index in [2.05, 4.69) is 5.32 Å². The van der Waals surface area contributed by atoms with E-state index in [1.54, 1.807) is 30.3 Å². The molecule has 1 N–H and O–H groups in total. The molecule has 1 aliphatic heterocycles. The molecule has 0 saturated heterocycles. The minimum atomic E-state index is -1.25. The number of cyclic esters (lactones) is 1. The van der Waals surface area contributed by atoms with Gasteiger partial charge in [-0.15, -0.1) is 0 Å². The van der Waals surface area contributed by atoms with Gasteiger partial charge >= 0.3 is 11.9 Å². The summed E-state index contributed by atoms with van der Waals surface area (Å²) in [6.45, 7) is 0. The molecule has 22 heavy (non-hydrogen) atoms. The van der Waals surface area contributed by atoms with E-state index < -0.39 is 18.2 Å². The van der Waals surface area contributed by atoms with Crippen LogP contribution in [0.2, 0.25) is 0 Å². The van der Waals surface area contributed by atoms with Crippen LogP contribution in [0.4, 0.5) is 5.69 Å². The number of benzene rings is 1. The lowest BCUT2D eigenvalue weighted by Gasteiger charge is -2.15. The van der Waals surface area contributed by atoms with Crippen molar-refractivity contribution in [2.24, 2.45) is 0 Å². The molecule has 2 heterocycles. The zero-order valence-corrected chi connectivity index (χ0v) is 11.9. The summed E-state index contributed by atoms with van der Waals surface area (Å²) in [7, 11) is 0. The Morgan fingerprint density at radius 2 is 1.95 bits per heavy atom. The Bertz CT molecular complexity index is 724. The van der Waals surface area contributed by atoms with Crippen molar-refractivity contribution in [3.05, 3.63) is 65.2 Å². The van der Waals surface area contributed by atoms with Crippen molar-refractivity contribution in [1.29, 1.82) is 0 Å². The van der Waals surface area contributed by atoms with E-state index >= 15 is 0 Å². The van der Waals surface area contributed by atoms with Gasteiger partial charge in [0, 0.05) is 5.69 Å². The molecule has 0 saturated carbocycles. The molecule has 3 rings (SSSR count). The quantitative estimate of drug-likeness (QED) is 0.873. The SMILES string of the molecule is O=C1OC(OC(=O)c2ccco2)C(Nc2ccccc2)=C1Cl. The molecule has 6 nitrogen and oxygen atoms in total. The molecule has 1 aromatic carbocycles. The number of para-hydroxylation sites is 1. The zero-order chi connectivity index (χ0) is 15.5. The number of ether oxygens (including phenoxy) is 2. The van der Waals surface area contributed by atoms with Crippen LogP contribution in [-0.2, 0) is 14.3 Å². The summed E-state index contributed by atoms with van der Waals surface area (Å²) in [6.07, 6.45) is 0.0845. The maximum atomic E-state index is 11.9. The number of nitrogens with one attached hydrogen (secondary N) is 1. The summed E-state index contributed by atoms with van der Waals surface area (Å²) < 4.78 is 15.0. The predicted octanol–water partition coefficient (Wildman–Crippen LogP) is 2.88. The fourth-order valence-electron chi connectivity index (χ4n) is 1.85. The van der Waals surface area contributed by atoms with Crippen LogP contribution in [0, 0.1) is 0 Å². The number of anilines is 1. The van der Waals surface area contributed by atoms with Crippen molar-refractivity contribution in [3.8, 4) is 0 Å². The Balaban J connectivity index is 1.79. The first-order valence-corrected chi connectivity index (χ1v) is 6.70. The van der Waals surface area contributed by atoms with E-state index in [1.165, 1.54) is 12.3 Å². The lowest BCUT2D eigenvalue weighted by molar-refractivity contribution is -0.152. The molecular weight excluding hydrogens is 310 g/mol. The summed E-state index contributed by atoms with van der Waals surface area (Å²) >= 11 is 5.91. The highest BCUT2D eigenvalue weighted by molar-refractivity contribution is 6.42. The van der Waals surface area contributed by atoms with Crippen molar-refractivity contribution in [3.63, 3.8) is 0 Å². The molecule has 0 amide bonds. The normalized spacial score (nSPS) is 17.3. The van der Waals surface area contributed by atoms with Crippen molar-refractivity contribution in [2.75, 3.05) is 5.32 Å². The predicted molar refractivity (Wildman–Crippen MR) is 76.9 cm³/mol. The molecule has 2 aromatic rings. The zero-order valence-electron chi connectivity index (χ0n) is 11.1. The number of esters is 2. The van der Waals surface area contributed by atoms with Crippen LogP contribution in [0.3, 0.4) is 0 Å². The molecule has 0 fully saturated rings. The maximum Gasteiger partial charge on any atom is 0.377 e. The van der Waals surface area contributed by atoms with Crippen LogP contribution >= 0.6 is 11.6 Å². The summed E-state index contributed by atoms with van der Waals surface area (Å²) in [5, 5.41) is 2.75. The molecular formula is C15H10ClNO5. The van der Waals surface area contributed by atoms with Gasteiger partial charge < -0.3 is 19.2 Å². The third-order valence-electron chi connectivity index (χ3n) is 2.85. The number of hydrogen-bond donors (Lipinski definition) is 1. The Morgan fingerprint density at radius 1 is 1.18 bits per heavy atom. The minimum Gasteiger partial charge on any atom is -0.457 e. The van der Waals surface area contributed by atoms with Gasteiger partial charge in [-0.2, -0.15) is 0 Å². The van der Waals surface area contributed by atoms with Gasteiger partial charge in [-0.05, 0) is 24.3 Å². The van der Waals surface area contributed by atoms with Crippen LogP contribution < -0.4 is 5.32 Å². The van der Waals surface area contributed by atoms with Crippen molar-refractivity contribution >= 4 is 29.2 Å². The van der Waals surface area contributed by atoms with Gasteiger partial charge in [0.05, 0.1) is 6.26 Å². The van der Waals surface area contributed by atoms with Gasteiger partial charge in [-0.1, -0.05) is 29.8 Å². The highest BCUT2D eigenvalue weighted by atomic mass is 35.5. The van der Waals surface area contributed by atoms with E-state index in [-0.39, 0.29) is 16.5 Å². The Hall–Kier alpha value is -2.73. The van der Waals surface area contributed by atoms with Gasteiger partial charge in [0.15, 0.2) is 5.03 Å². The van der Waals surface area contributed by atoms with Gasteiger partial charge in [0.1, 0.15) is 5.70 Å². The van der Waals surface area contributed by atoms with Crippen LogP contribution in [-0.4, -0.2) is 18.2 Å². The number of carbonyl (C=O) groups is 2. The third kappa shape index (κ3) is 2.82. The first-order chi connectivity index (χ1) is 10.6. The van der Waals surface area contributed by atoms with Crippen LogP contribution in [0.1, 0.15) is 10.6 Å². The van der Waals surface area contributed by atoms with E-state index in [1.807, 2.05) is 6.07 Å². The smallest absolute Gasteiger partial charge is 0.377 e. The summed E-state index contributed by atoms with van der Waals surface area (Å²) in [5.41, 5.74) is 0.839. The second-order valence-corrected chi connectivity index (χ2v) is 4.72. The van der Waals surface area contributed by atoms with Gasteiger partial charge in [-0.3, -0.25) is 0 Å². The number of halogens is 1. The Morgan fingerprint density at radius 3 is 2.64 bits per heavy atom. The molecule has 1 aliphatic rings. The topological polar surface area (TPSA) is 77.8 Å². The molecule has 1 aromatic heterocycles. The van der Waals surface area contributed by atoms with Crippen molar-refractivity contribution in [1.82, 2.24) is 0 Å². The van der Waals surface area contributed by atoms with Crippen molar-refractivity contribution in [2.45, 2.75) is 6.29 Å². The van der Waals surface area contributed by atoms with E-state index in [0.717, 1.165) is 0 Å². The molecule has 0 spiro atoms. The molecule has 0 radical (unpaired) electrons. The highest BCUT2D eigenvalue weighted by Gasteiger charge is 2.37. The van der Waals surface area contributed by atoms with Gasteiger partial charge in [0.2, 0.25) is 5.76 Å². The third-order valence-corrected chi connectivity index (χ3v) is 3.21. The fraction of sp³-hybridized carbons (Fsp3) is 0.0667. The number of carbonyl (C=O) groups excluding carboxylic acids is 2. The molecule has 112 valence electrons. The van der Waals surface area contributed by atoms with E-state index in [0.29, 0.717) is 5.69 Å². The number of furan rings is 1. The first-order valence-electron chi connectivity index (χ1n) is 6.32. The summed E-state index contributed by atoms with van der Waals surface area (Å²) in [6, 6.07) is 12.0. The highest BCUT2D eigenvalue weighted by Crippen LogP contribution is 2.28. The standard InChI is InChI=1S/C15H10ClNO5/c16-11-12(17-9-5-2-1-3-6-9)15(22-14(11)19)21-13(18)10-7-4-8-20-10/h1-8,15,17H. The fourth-order valence-corrected chi connectivity index (χ4v) is 2.03. The summed E-state index contributed by atoms with van der Waals surface area (Å²) in [5.74, 6) is -1.53. The molecule has 1 atom stereocenters. The van der Waals surface area contributed by atoms with Crippen LogP contribution in [0.25, 0.3) is 0 Å². The summed E-state index contributed by atoms with van der Waals surface area (Å²) in [4.78, 5) is 23.5. The van der Waals surface area contributed by atoms with Crippen molar-refractivity contribution < 1.29 is 23.5 Å². The number of rotatable bonds is 4. The van der Waals surface area contributed by atoms with Gasteiger partial charge in [-0.25, -0.2) is 9.59 Å². The molecule has 0 aliphatic carbocycles. The van der Waals surface area contributed by atoms with Gasteiger partial charge in [0.25, 0.3) is 6.29 Å². The van der Waals surface area contributed by atoms with Crippen LogP contribution in [0.15, 0.2) is 63.9 Å². The average Bonchev–Trinajstić information content (AvgIpc) is 3.14. The second-order valence-electron chi connectivity index (χ2n) is 4.34. The lowest BCUT2D eigenvalue weighted by atomic mass is 10.3. The van der Waals surface area contributed by atoms with E-state index in [9.17, 15) is 9.59 Å². The lowest BCUT2D eigenvalue weighted by Crippen LogP contribution is -2.23. The monoisotopic (exact) mass is 319 g/mol. The largest absolute Gasteiger partial charge is 0.457 e. The molecule has 0 bridgehead atoms. The Kier molecular flexibility index (Phi) is 3.84. The second kappa shape index (κ2) is 5.95. The Labute approximate surface area is 130 Å². The number of hydrogen-bond acceptors (Lipinski definition) is 6. The minimum absolute atomic E-state index is 0.00173. The average molecular weight is 320 g/mol. The van der Waals surface area contributed by atoms with Crippen LogP contribution in [0.5, 0.6) is 0 Å². The maximum absolute atomic E-state index is 11.9. The van der Waals surface area contributed by atoms with E-state index in [4.69, 9.17) is 25.5 Å². The first kappa shape index (κ1) is 14.2. The molecule has 7 heteroatoms.